The van der Waals surface area contributed by atoms with Gasteiger partial charge in [0.15, 0.2) is 5.78 Å². The lowest BCUT2D eigenvalue weighted by atomic mass is 9.78. The summed E-state index contributed by atoms with van der Waals surface area (Å²) < 4.78 is 14.3. The molecule has 1 nitrogen and oxygen atoms in total. The van der Waals surface area contributed by atoms with Gasteiger partial charge in [0.05, 0.1) is 5.56 Å². The van der Waals surface area contributed by atoms with Gasteiger partial charge < -0.3 is 0 Å². The van der Waals surface area contributed by atoms with Crippen molar-refractivity contribution in [2.45, 2.75) is 34.1 Å². The molecule has 17 heavy (non-hydrogen) atoms. The molecule has 0 heterocycles. The lowest BCUT2D eigenvalue weighted by Gasteiger charge is -2.26. The molecule has 0 saturated heterocycles. The van der Waals surface area contributed by atoms with Crippen molar-refractivity contribution in [3.05, 3.63) is 34.1 Å². The van der Waals surface area contributed by atoms with E-state index in [1.54, 1.807) is 12.1 Å². The predicted molar refractivity (Wildman–Crippen MR) is 71.7 cm³/mol. The summed E-state index contributed by atoms with van der Waals surface area (Å²) in [6.07, 6.45) is 0.372. The lowest BCUT2D eigenvalue weighted by molar-refractivity contribution is 0.0923. The Labute approximate surface area is 111 Å². The Bertz CT molecular complexity index is 421. The molecular weight excluding hydrogens is 283 g/mol. The van der Waals surface area contributed by atoms with E-state index in [0.717, 1.165) is 4.47 Å². The third-order valence-electron chi connectivity index (χ3n) is 3.20. The highest BCUT2D eigenvalue weighted by Crippen LogP contribution is 2.29. The average Bonchev–Trinajstić information content (AvgIpc) is 2.20. The number of Topliss-reactive ketones (excluding diaryl/α,β-unsaturated/α-hetero) is 1. The average molecular weight is 301 g/mol. The fourth-order valence-electron chi connectivity index (χ4n) is 1.41. The topological polar surface area (TPSA) is 17.1 Å². The molecule has 3 heteroatoms. The van der Waals surface area contributed by atoms with Crippen molar-refractivity contribution in [1.29, 1.82) is 0 Å². The van der Waals surface area contributed by atoms with Crippen LogP contribution in [0.25, 0.3) is 0 Å². The third-order valence-corrected chi connectivity index (χ3v) is 3.69. The van der Waals surface area contributed by atoms with E-state index in [9.17, 15) is 9.18 Å². The van der Waals surface area contributed by atoms with Gasteiger partial charge in [-0.25, -0.2) is 4.39 Å². The van der Waals surface area contributed by atoms with Crippen LogP contribution in [0.2, 0.25) is 0 Å². The summed E-state index contributed by atoms with van der Waals surface area (Å²) in [5.74, 6) is -0.362. The molecule has 0 amide bonds. The highest BCUT2D eigenvalue weighted by molar-refractivity contribution is 9.10. The molecule has 0 aliphatic heterocycles. The van der Waals surface area contributed by atoms with E-state index in [4.69, 9.17) is 0 Å². The van der Waals surface area contributed by atoms with Crippen LogP contribution in [0, 0.1) is 17.2 Å². The number of halogens is 2. The number of benzene rings is 1. The molecule has 1 aromatic carbocycles. The summed E-state index contributed by atoms with van der Waals surface area (Å²) in [7, 11) is 0. The predicted octanol–water partition coefficient (Wildman–Crippen LogP) is 4.84. The Morgan fingerprint density at radius 2 is 2.00 bits per heavy atom. The monoisotopic (exact) mass is 300 g/mol. The molecule has 0 aromatic heterocycles. The molecule has 1 aromatic rings. The molecule has 0 radical (unpaired) electrons. The molecule has 0 fully saturated rings. The Morgan fingerprint density at radius 1 is 1.41 bits per heavy atom. The van der Waals surface area contributed by atoms with Crippen LogP contribution >= 0.6 is 15.9 Å². The summed E-state index contributed by atoms with van der Waals surface area (Å²) in [4.78, 5) is 12.0. The molecule has 0 aliphatic carbocycles. The van der Waals surface area contributed by atoms with Gasteiger partial charge in [-0.3, -0.25) is 4.79 Å². The second-order valence-electron chi connectivity index (χ2n) is 5.52. The van der Waals surface area contributed by atoms with Gasteiger partial charge in [0, 0.05) is 10.9 Å². The Morgan fingerprint density at radius 3 is 2.53 bits per heavy atom. The summed E-state index contributed by atoms with van der Waals surface area (Å²) >= 11 is 3.25. The van der Waals surface area contributed by atoms with Gasteiger partial charge >= 0.3 is 0 Å². The van der Waals surface area contributed by atoms with Gasteiger partial charge in [0.2, 0.25) is 0 Å². The van der Waals surface area contributed by atoms with E-state index < -0.39 is 5.82 Å². The molecular formula is C14H18BrFO. The van der Waals surface area contributed by atoms with Gasteiger partial charge in [0.1, 0.15) is 5.82 Å². The van der Waals surface area contributed by atoms with Gasteiger partial charge in [0.25, 0.3) is 0 Å². The van der Waals surface area contributed by atoms with Crippen molar-refractivity contribution in [2.24, 2.45) is 11.3 Å². The maximum atomic E-state index is 13.5. The first-order chi connectivity index (χ1) is 7.71. The van der Waals surface area contributed by atoms with Gasteiger partial charge in [-0.2, -0.15) is 0 Å². The maximum Gasteiger partial charge on any atom is 0.166 e. The number of hydrogen-bond donors (Lipinski definition) is 0. The summed E-state index contributed by atoms with van der Waals surface area (Å²) in [6, 6.07) is 4.46. The maximum absolute atomic E-state index is 13.5. The molecule has 94 valence electrons. The molecule has 1 atom stereocenters. The van der Waals surface area contributed by atoms with Crippen molar-refractivity contribution < 1.29 is 9.18 Å². The highest BCUT2D eigenvalue weighted by atomic mass is 79.9. The number of rotatable bonds is 3. The minimum atomic E-state index is -0.445. The Balaban J connectivity index is 2.87. The van der Waals surface area contributed by atoms with Crippen LogP contribution in [-0.2, 0) is 0 Å². The number of ketones is 1. The first-order valence-corrected chi connectivity index (χ1v) is 6.49. The standard InChI is InChI=1S/C14H18BrFO/c1-9(14(2,3)4)7-13(17)11-8-10(15)5-6-12(11)16/h5-6,8-9H,7H2,1-4H3. The van der Waals surface area contributed by atoms with E-state index in [1.807, 2.05) is 6.92 Å². The van der Waals surface area contributed by atoms with E-state index in [-0.39, 0.29) is 22.7 Å². The largest absolute Gasteiger partial charge is 0.294 e. The summed E-state index contributed by atoms with van der Waals surface area (Å²) in [5.41, 5.74) is 0.230. The van der Waals surface area contributed by atoms with Crippen LogP contribution in [0.15, 0.2) is 22.7 Å². The zero-order valence-electron chi connectivity index (χ0n) is 10.7. The fraction of sp³-hybridized carbons (Fsp3) is 0.500. The van der Waals surface area contributed by atoms with E-state index in [2.05, 4.69) is 36.7 Å². The molecule has 0 saturated carbocycles. The Hall–Kier alpha value is -0.700. The highest BCUT2D eigenvalue weighted by Gasteiger charge is 2.24. The van der Waals surface area contributed by atoms with Crippen LogP contribution in [-0.4, -0.2) is 5.78 Å². The van der Waals surface area contributed by atoms with Gasteiger partial charge in [-0.1, -0.05) is 43.6 Å². The lowest BCUT2D eigenvalue weighted by Crippen LogP contribution is -2.21. The van der Waals surface area contributed by atoms with Crippen LogP contribution < -0.4 is 0 Å². The van der Waals surface area contributed by atoms with Crippen molar-refractivity contribution >= 4 is 21.7 Å². The third kappa shape index (κ3) is 3.91. The van der Waals surface area contributed by atoms with Crippen LogP contribution in [0.1, 0.15) is 44.5 Å². The van der Waals surface area contributed by atoms with Gasteiger partial charge in [-0.15, -0.1) is 0 Å². The second-order valence-corrected chi connectivity index (χ2v) is 6.43. The number of carbonyl (C=O) groups is 1. The van der Waals surface area contributed by atoms with E-state index in [0.29, 0.717) is 6.42 Å². The smallest absolute Gasteiger partial charge is 0.166 e. The first kappa shape index (κ1) is 14.4. The SMILES string of the molecule is CC(CC(=O)c1cc(Br)ccc1F)C(C)(C)C. The quantitative estimate of drug-likeness (QED) is 0.730. The molecule has 0 spiro atoms. The normalized spacial score (nSPS) is 13.5. The molecule has 0 N–H and O–H groups in total. The zero-order valence-corrected chi connectivity index (χ0v) is 12.3. The molecule has 1 rings (SSSR count). The van der Waals surface area contributed by atoms with Crippen LogP contribution in [0.5, 0.6) is 0 Å². The summed E-state index contributed by atoms with van der Waals surface area (Å²) in [6.45, 7) is 8.28. The summed E-state index contributed by atoms with van der Waals surface area (Å²) in [5, 5.41) is 0. The zero-order chi connectivity index (χ0) is 13.2. The first-order valence-electron chi connectivity index (χ1n) is 5.70. The molecule has 0 bridgehead atoms. The number of carbonyl (C=O) groups excluding carboxylic acids is 1. The van der Waals surface area contributed by atoms with Crippen LogP contribution in [0.4, 0.5) is 4.39 Å². The van der Waals surface area contributed by atoms with Crippen molar-refractivity contribution in [3.8, 4) is 0 Å². The number of hydrogen-bond acceptors (Lipinski definition) is 1. The van der Waals surface area contributed by atoms with Crippen LogP contribution in [0.3, 0.4) is 0 Å². The minimum Gasteiger partial charge on any atom is -0.294 e. The van der Waals surface area contributed by atoms with Crippen molar-refractivity contribution in [2.75, 3.05) is 0 Å². The molecule has 0 aliphatic rings. The Kier molecular flexibility index (Phi) is 4.48. The van der Waals surface area contributed by atoms with E-state index in [1.165, 1.54) is 6.07 Å². The van der Waals surface area contributed by atoms with E-state index >= 15 is 0 Å². The second kappa shape index (κ2) is 5.30. The van der Waals surface area contributed by atoms with Gasteiger partial charge in [-0.05, 0) is 29.5 Å². The molecule has 1 unspecified atom stereocenters. The fourth-order valence-corrected chi connectivity index (χ4v) is 1.77. The van der Waals surface area contributed by atoms with Crippen molar-refractivity contribution in [1.82, 2.24) is 0 Å². The minimum absolute atomic E-state index is 0.0537. The van der Waals surface area contributed by atoms with Crippen molar-refractivity contribution in [3.63, 3.8) is 0 Å².